The molecule has 15 heavy (non-hydrogen) atoms. The van der Waals surface area contributed by atoms with Crippen molar-refractivity contribution >= 4 is 0 Å². The zero-order chi connectivity index (χ0) is 11.0. The summed E-state index contributed by atoms with van der Waals surface area (Å²) < 4.78 is 19.2. The van der Waals surface area contributed by atoms with E-state index in [4.69, 9.17) is 9.84 Å². The molecule has 3 N–H and O–H groups in total. The summed E-state index contributed by atoms with van der Waals surface area (Å²) in [7, 11) is 0. The van der Waals surface area contributed by atoms with E-state index >= 15 is 0 Å². The zero-order valence-corrected chi connectivity index (χ0v) is 7.69. The fraction of sp³-hybridized carbons (Fsp3) is 0.625. The third kappa shape index (κ3) is 1.63. The Morgan fingerprint density at radius 3 is 2.67 bits per heavy atom. The van der Waals surface area contributed by atoms with E-state index in [1.807, 2.05) is 0 Å². The molecule has 2 rings (SSSR count). The van der Waals surface area contributed by atoms with Gasteiger partial charge in [-0.15, -0.1) is 0 Å². The number of ether oxygens (including phenoxy) is 1. The van der Waals surface area contributed by atoms with E-state index in [0.29, 0.717) is 0 Å². The number of aliphatic hydroxyl groups excluding tert-OH is 3. The van der Waals surface area contributed by atoms with Gasteiger partial charge in [0.25, 0.3) is 0 Å². The van der Waals surface area contributed by atoms with Crippen LogP contribution in [-0.4, -0.2) is 49.8 Å². The van der Waals surface area contributed by atoms with Gasteiger partial charge in [-0.05, 0) is 0 Å². The van der Waals surface area contributed by atoms with Crippen LogP contribution >= 0.6 is 0 Å². The second kappa shape index (κ2) is 3.86. The van der Waals surface area contributed by atoms with Gasteiger partial charge in [-0.2, -0.15) is 4.39 Å². The van der Waals surface area contributed by atoms with Crippen LogP contribution in [0.5, 0.6) is 0 Å². The van der Waals surface area contributed by atoms with Gasteiger partial charge in [0, 0.05) is 0 Å². The summed E-state index contributed by atoms with van der Waals surface area (Å²) in [5.74, 6) is -0.676. The second-order valence-corrected chi connectivity index (χ2v) is 3.35. The van der Waals surface area contributed by atoms with Crippen molar-refractivity contribution < 1.29 is 24.4 Å². The number of hydrogen-bond acceptors (Lipinski definition) is 5. The molecular weight excluding hydrogens is 207 g/mol. The minimum atomic E-state index is -1.29. The SMILES string of the molecule is OC[C@H]1OC(n2cncc2F)[C@H](O)[C@@H]1O. The highest BCUT2D eigenvalue weighted by Gasteiger charge is 2.43. The maximum Gasteiger partial charge on any atom is 0.215 e. The Hall–Kier alpha value is -1.02. The molecule has 0 bridgehead atoms. The molecule has 0 aliphatic carbocycles. The van der Waals surface area contributed by atoms with Crippen LogP contribution in [0.15, 0.2) is 12.5 Å². The molecule has 0 radical (unpaired) electrons. The lowest BCUT2D eigenvalue weighted by Gasteiger charge is -2.15. The number of nitrogens with zero attached hydrogens (tertiary/aromatic N) is 2. The van der Waals surface area contributed by atoms with Crippen LogP contribution in [0, 0.1) is 5.95 Å². The molecule has 0 amide bonds. The van der Waals surface area contributed by atoms with E-state index in [2.05, 4.69) is 4.98 Å². The molecule has 1 fully saturated rings. The predicted molar refractivity (Wildman–Crippen MR) is 45.2 cm³/mol. The van der Waals surface area contributed by atoms with E-state index in [0.717, 1.165) is 17.1 Å². The third-order valence-electron chi connectivity index (χ3n) is 2.41. The van der Waals surface area contributed by atoms with Crippen molar-refractivity contribution in [2.24, 2.45) is 0 Å². The van der Waals surface area contributed by atoms with E-state index < -0.39 is 37.1 Å². The predicted octanol–water partition coefficient (Wildman–Crippen LogP) is -1.37. The van der Waals surface area contributed by atoms with Crippen molar-refractivity contribution in [1.29, 1.82) is 0 Å². The van der Waals surface area contributed by atoms with Gasteiger partial charge >= 0.3 is 0 Å². The Labute approximate surface area is 84.6 Å². The van der Waals surface area contributed by atoms with Crippen LogP contribution in [0.1, 0.15) is 6.23 Å². The smallest absolute Gasteiger partial charge is 0.215 e. The lowest BCUT2D eigenvalue weighted by molar-refractivity contribution is -0.0572. The first-order chi connectivity index (χ1) is 7.15. The molecule has 84 valence electrons. The summed E-state index contributed by atoms with van der Waals surface area (Å²) >= 11 is 0. The van der Waals surface area contributed by atoms with Gasteiger partial charge in [0.05, 0.1) is 19.1 Å². The molecule has 1 unspecified atom stereocenters. The standard InChI is InChI=1S/C8H11FN2O4/c9-5-1-10-3-11(5)8-7(14)6(13)4(2-12)15-8/h1,3-4,6-8,12-14H,2H2/t4-,6-,7-,8?/m1/s1. The average molecular weight is 218 g/mol. The lowest BCUT2D eigenvalue weighted by atomic mass is 10.1. The van der Waals surface area contributed by atoms with Gasteiger partial charge in [-0.3, -0.25) is 4.57 Å². The van der Waals surface area contributed by atoms with Gasteiger partial charge in [0.2, 0.25) is 5.95 Å². The molecule has 1 aromatic heterocycles. The Morgan fingerprint density at radius 2 is 2.20 bits per heavy atom. The molecule has 4 atom stereocenters. The first-order valence-corrected chi connectivity index (χ1v) is 4.45. The highest BCUT2D eigenvalue weighted by atomic mass is 19.1. The van der Waals surface area contributed by atoms with E-state index in [9.17, 15) is 14.6 Å². The van der Waals surface area contributed by atoms with E-state index in [1.165, 1.54) is 0 Å². The summed E-state index contributed by atoms with van der Waals surface area (Å²) in [5, 5.41) is 27.8. The molecule has 1 aromatic rings. The molecule has 1 aliphatic heterocycles. The molecule has 1 aliphatic rings. The van der Waals surface area contributed by atoms with E-state index in [-0.39, 0.29) is 0 Å². The number of aliphatic hydroxyl groups is 3. The van der Waals surface area contributed by atoms with Crippen molar-refractivity contribution in [1.82, 2.24) is 9.55 Å². The largest absolute Gasteiger partial charge is 0.394 e. The molecule has 1 saturated heterocycles. The first-order valence-electron chi connectivity index (χ1n) is 4.45. The maximum absolute atomic E-state index is 13.1. The molecule has 0 spiro atoms. The highest BCUT2D eigenvalue weighted by molar-refractivity contribution is 4.92. The summed E-state index contributed by atoms with van der Waals surface area (Å²) in [6, 6.07) is 0. The van der Waals surface area contributed by atoms with Gasteiger partial charge in [0.15, 0.2) is 6.23 Å². The average Bonchev–Trinajstić information content (AvgIpc) is 2.74. The van der Waals surface area contributed by atoms with Crippen LogP contribution in [0.4, 0.5) is 4.39 Å². The summed E-state index contributed by atoms with van der Waals surface area (Å²) in [4.78, 5) is 3.53. The minimum Gasteiger partial charge on any atom is -0.394 e. The number of halogens is 1. The Morgan fingerprint density at radius 1 is 1.47 bits per heavy atom. The molecule has 0 aromatic carbocycles. The fourth-order valence-corrected chi connectivity index (χ4v) is 1.59. The van der Waals surface area contributed by atoms with Gasteiger partial charge in [-0.1, -0.05) is 0 Å². The molecule has 6 nitrogen and oxygen atoms in total. The number of rotatable bonds is 2. The Balaban J connectivity index is 2.22. The molecule has 2 heterocycles. The fourth-order valence-electron chi connectivity index (χ4n) is 1.59. The first kappa shape index (κ1) is 10.5. The van der Waals surface area contributed by atoms with Gasteiger partial charge in [0.1, 0.15) is 18.3 Å². The molecule has 7 heteroatoms. The van der Waals surface area contributed by atoms with Crippen molar-refractivity contribution in [3.05, 3.63) is 18.5 Å². The number of imidazole rings is 1. The maximum atomic E-state index is 13.1. The summed E-state index contributed by atoms with van der Waals surface area (Å²) in [5.41, 5.74) is 0. The normalized spacial score (nSPS) is 36.0. The zero-order valence-electron chi connectivity index (χ0n) is 7.69. The summed E-state index contributed by atoms with van der Waals surface area (Å²) in [6.07, 6.45) is -2.37. The van der Waals surface area contributed by atoms with Crippen LogP contribution < -0.4 is 0 Å². The quantitative estimate of drug-likeness (QED) is 0.570. The summed E-state index contributed by atoms with van der Waals surface area (Å²) in [6.45, 7) is -0.439. The second-order valence-electron chi connectivity index (χ2n) is 3.35. The minimum absolute atomic E-state index is 0.439. The monoisotopic (exact) mass is 218 g/mol. The van der Waals surface area contributed by atoms with Crippen molar-refractivity contribution in [3.63, 3.8) is 0 Å². The van der Waals surface area contributed by atoms with Crippen molar-refractivity contribution in [2.45, 2.75) is 24.5 Å². The Bertz CT molecular complexity index is 345. The third-order valence-corrected chi connectivity index (χ3v) is 2.41. The van der Waals surface area contributed by atoms with Gasteiger partial charge < -0.3 is 20.1 Å². The van der Waals surface area contributed by atoms with Crippen LogP contribution in [0.25, 0.3) is 0 Å². The Kier molecular flexibility index (Phi) is 2.70. The van der Waals surface area contributed by atoms with Crippen LogP contribution in [0.2, 0.25) is 0 Å². The highest BCUT2D eigenvalue weighted by Crippen LogP contribution is 2.29. The topological polar surface area (TPSA) is 87.7 Å². The molecule has 0 saturated carbocycles. The lowest BCUT2D eigenvalue weighted by Crippen LogP contribution is -2.33. The van der Waals surface area contributed by atoms with Gasteiger partial charge in [-0.25, -0.2) is 4.98 Å². The number of aromatic nitrogens is 2. The number of hydrogen-bond donors (Lipinski definition) is 3. The molecular formula is C8H11FN2O4. The van der Waals surface area contributed by atoms with Crippen molar-refractivity contribution in [3.8, 4) is 0 Å². The van der Waals surface area contributed by atoms with Crippen LogP contribution in [0.3, 0.4) is 0 Å². The van der Waals surface area contributed by atoms with Crippen LogP contribution in [-0.2, 0) is 4.74 Å². The van der Waals surface area contributed by atoms with Crippen molar-refractivity contribution in [2.75, 3.05) is 6.61 Å². The van der Waals surface area contributed by atoms with E-state index in [1.54, 1.807) is 0 Å².